The molecule has 7 heteroatoms. The third kappa shape index (κ3) is 6.18. The molecular formula is C15H23ClIN3O2. The third-order valence-electron chi connectivity index (χ3n) is 3.21. The maximum Gasteiger partial charge on any atom is 0.191 e. The number of hydrogen-bond acceptors (Lipinski definition) is 3. The summed E-state index contributed by atoms with van der Waals surface area (Å²) in [6, 6.07) is 7.33. The van der Waals surface area contributed by atoms with Crippen LogP contribution in [0.1, 0.15) is 13.8 Å². The Bertz CT molecular complexity index is 501. The molecule has 1 aliphatic heterocycles. The topological polar surface area (TPSA) is 60.1 Å². The first kappa shape index (κ1) is 19.3. The van der Waals surface area contributed by atoms with Gasteiger partial charge in [0.25, 0.3) is 0 Å². The fraction of sp³-hybridized carbons (Fsp3) is 0.533. The van der Waals surface area contributed by atoms with Crippen LogP contribution in [0.4, 0.5) is 0 Å². The summed E-state index contributed by atoms with van der Waals surface area (Å²) >= 11 is 5.92. The number of hydrogen-bond donors (Lipinski definition) is 1. The Morgan fingerprint density at radius 1 is 1.59 bits per heavy atom. The summed E-state index contributed by atoms with van der Waals surface area (Å²) in [5, 5.41) is 0.657. The molecule has 1 aliphatic rings. The van der Waals surface area contributed by atoms with Gasteiger partial charge in [0.15, 0.2) is 5.96 Å². The van der Waals surface area contributed by atoms with E-state index in [1.807, 2.05) is 36.9 Å². The average molecular weight is 440 g/mol. The zero-order valence-corrected chi connectivity index (χ0v) is 16.0. The van der Waals surface area contributed by atoms with Gasteiger partial charge in [-0.3, -0.25) is 0 Å². The number of nitrogens with two attached hydrogens (primary N) is 1. The van der Waals surface area contributed by atoms with Crippen molar-refractivity contribution in [1.82, 2.24) is 4.90 Å². The molecule has 2 unspecified atom stereocenters. The maximum atomic E-state index is 6.02. The van der Waals surface area contributed by atoms with Crippen molar-refractivity contribution in [1.29, 1.82) is 0 Å². The first-order valence-corrected chi connectivity index (χ1v) is 7.51. The Morgan fingerprint density at radius 2 is 2.36 bits per heavy atom. The van der Waals surface area contributed by atoms with Crippen LogP contribution in [-0.2, 0) is 4.74 Å². The van der Waals surface area contributed by atoms with Crippen molar-refractivity contribution in [3.05, 3.63) is 29.3 Å². The number of ether oxygens (including phenoxy) is 2. The summed E-state index contributed by atoms with van der Waals surface area (Å²) in [4.78, 5) is 6.45. The highest BCUT2D eigenvalue weighted by Gasteiger charge is 2.18. The average Bonchev–Trinajstić information content (AvgIpc) is 2.45. The van der Waals surface area contributed by atoms with Crippen LogP contribution < -0.4 is 10.5 Å². The van der Waals surface area contributed by atoms with E-state index in [9.17, 15) is 0 Å². The highest BCUT2D eigenvalue weighted by atomic mass is 127. The highest BCUT2D eigenvalue weighted by Crippen LogP contribution is 2.18. The Labute approximate surface area is 153 Å². The van der Waals surface area contributed by atoms with E-state index in [0.717, 1.165) is 18.8 Å². The maximum absolute atomic E-state index is 6.02. The number of benzene rings is 1. The van der Waals surface area contributed by atoms with E-state index in [-0.39, 0.29) is 36.2 Å². The van der Waals surface area contributed by atoms with E-state index >= 15 is 0 Å². The minimum Gasteiger partial charge on any atom is -0.489 e. The van der Waals surface area contributed by atoms with Crippen molar-refractivity contribution in [2.24, 2.45) is 10.7 Å². The number of aliphatic imine (C=N–C) groups is 1. The molecule has 2 atom stereocenters. The largest absolute Gasteiger partial charge is 0.489 e. The predicted molar refractivity (Wildman–Crippen MR) is 100 cm³/mol. The molecule has 22 heavy (non-hydrogen) atoms. The summed E-state index contributed by atoms with van der Waals surface area (Å²) < 4.78 is 11.2. The van der Waals surface area contributed by atoms with Gasteiger partial charge in [0.05, 0.1) is 19.3 Å². The van der Waals surface area contributed by atoms with Crippen LogP contribution in [0.3, 0.4) is 0 Å². The van der Waals surface area contributed by atoms with Crippen molar-refractivity contribution in [3.8, 4) is 5.75 Å². The monoisotopic (exact) mass is 439 g/mol. The van der Waals surface area contributed by atoms with Crippen molar-refractivity contribution >= 4 is 41.5 Å². The molecule has 0 saturated carbocycles. The van der Waals surface area contributed by atoms with Gasteiger partial charge in [-0.05, 0) is 32.0 Å². The summed E-state index contributed by atoms with van der Waals surface area (Å²) in [6.45, 7) is 6.74. The Balaban J connectivity index is 0.00000242. The van der Waals surface area contributed by atoms with Crippen molar-refractivity contribution < 1.29 is 9.47 Å². The molecule has 0 spiro atoms. The predicted octanol–water partition coefficient (Wildman–Crippen LogP) is 2.76. The smallest absolute Gasteiger partial charge is 0.191 e. The molecule has 1 aromatic carbocycles. The van der Waals surface area contributed by atoms with Crippen molar-refractivity contribution in [2.45, 2.75) is 26.1 Å². The minimum atomic E-state index is -0.0690. The molecule has 0 aliphatic carbocycles. The van der Waals surface area contributed by atoms with Gasteiger partial charge in [-0.25, -0.2) is 4.99 Å². The summed E-state index contributed by atoms with van der Waals surface area (Å²) in [6.07, 6.45) is 0.119. The molecule has 0 aromatic heterocycles. The minimum absolute atomic E-state index is 0. The lowest BCUT2D eigenvalue weighted by atomic mass is 10.3. The zero-order chi connectivity index (χ0) is 15.2. The van der Waals surface area contributed by atoms with E-state index in [1.54, 1.807) is 6.07 Å². The number of rotatable bonds is 4. The number of nitrogens with zero attached hydrogens (tertiary/aromatic N) is 2. The van der Waals surface area contributed by atoms with Crippen LogP contribution >= 0.6 is 35.6 Å². The van der Waals surface area contributed by atoms with Gasteiger partial charge in [-0.2, -0.15) is 0 Å². The molecule has 0 amide bonds. The summed E-state index contributed by atoms with van der Waals surface area (Å²) in [5.41, 5.74) is 6.02. The van der Waals surface area contributed by atoms with Crippen LogP contribution in [0.25, 0.3) is 0 Å². The summed E-state index contributed by atoms with van der Waals surface area (Å²) in [5.74, 6) is 1.29. The first-order chi connectivity index (χ1) is 10.0. The Morgan fingerprint density at radius 3 is 3.05 bits per heavy atom. The molecule has 5 nitrogen and oxygen atoms in total. The highest BCUT2D eigenvalue weighted by molar-refractivity contribution is 14.0. The van der Waals surface area contributed by atoms with E-state index in [0.29, 0.717) is 24.1 Å². The van der Waals surface area contributed by atoms with Crippen LogP contribution in [0.2, 0.25) is 5.02 Å². The fourth-order valence-corrected chi connectivity index (χ4v) is 2.34. The van der Waals surface area contributed by atoms with Crippen molar-refractivity contribution in [2.75, 3.05) is 26.2 Å². The molecule has 0 bridgehead atoms. The second-order valence-corrected chi connectivity index (χ2v) is 5.65. The van der Waals surface area contributed by atoms with E-state index < -0.39 is 0 Å². The summed E-state index contributed by atoms with van der Waals surface area (Å²) in [7, 11) is 0. The molecule has 1 fully saturated rings. The number of halogens is 2. The normalized spacial score (nSPS) is 20.2. The van der Waals surface area contributed by atoms with Gasteiger partial charge in [0.2, 0.25) is 0 Å². The molecular weight excluding hydrogens is 417 g/mol. The van der Waals surface area contributed by atoms with E-state index in [1.165, 1.54) is 0 Å². The molecule has 2 rings (SSSR count). The van der Waals surface area contributed by atoms with Gasteiger partial charge >= 0.3 is 0 Å². The molecule has 1 aromatic rings. The number of guanidine groups is 1. The van der Waals surface area contributed by atoms with Crippen molar-refractivity contribution in [3.63, 3.8) is 0 Å². The molecule has 1 heterocycles. The van der Waals surface area contributed by atoms with Gasteiger partial charge in [0.1, 0.15) is 11.9 Å². The second-order valence-electron chi connectivity index (χ2n) is 5.21. The van der Waals surface area contributed by atoms with Gasteiger partial charge in [-0.1, -0.05) is 17.7 Å². The van der Waals surface area contributed by atoms with Gasteiger partial charge in [-0.15, -0.1) is 24.0 Å². The fourth-order valence-electron chi connectivity index (χ4n) is 2.16. The van der Waals surface area contributed by atoms with Crippen LogP contribution in [0, 0.1) is 0 Å². The van der Waals surface area contributed by atoms with Crippen LogP contribution in [0.5, 0.6) is 5.75 Å². The zero-order valence-electron chi connectivity index (χ0n) is 12.9. The Kier molecular flexibility index (Phi) is 8.27. The SMILES string of the molecule is CC1CN(C(N)=NCC(C)Oc2cccc(Cl)c2)CCO1.I. The van der Waals surface area contributed by atoms with E-state index in [2.05, 4.69) is 4.99 Å². The lowest BCUT2D eigenvalue weighted by Gasteiger charge is -2.32. The van der Waals surface area contributed by atoms with E-state index in [4.69, 9.17) is 26.8 Å². The quantitative estimate of drug-likeness (QED) is 0.445. The van der Waals surface area contributed by atoms with Crippen LogP contribution in [-0.4, -0.2) is 49.3 Å². The van der Waals surface area contributed by atoms with Gasteiger partial charge < -0.3 is 20.1 Å². The first-order valence-electron chi connectivity index (χ1n) is 7.13. The molecule has 0 radical (unpaired) electrons. The molecule has 124 valence electrons. The third-order valence-corrected chi connectivity index (χ3v) is 3.44. The molecule has 1 saturated heterocycles. The standard InChI is InChI=1S/C15H22ClN3O2.HI/c1-11(21-14-5-3-4-13(16)8-14)9-18-15(17)19-6-7-20-12(2)10-19;/h3-5,8,11-12H,6-7,9-10H2,1-2H3,(H2,17,18);1H. The number of morpholine rings is 1. The second kappa shape index (κ2) is 9.42. The lowest BCUT2D eigenvalue weighted by Crippen LogP contribution is -2.48. The Hall–Kier alpha value is -0.730. The van der Waals surface area contributed by atoms with Crippen LogP contribution in [0.15, 0.2) is 29.3 Å². The molecule has 2 N–H and O–H groups in total. The lowest BCUT2D eigenvalue weighted by molar-refractivity contribution is 0.00525. The van der Waals surface area contributed by atoms with Gasteiger partial charge in [0, 0.05) is 18.1 Å².